The molecule has 0 aliphatic carbocycles. The van der Waals surface area contributed by atoms with Crippen molar-refractivity contribution in [2.45, 2.75) is 13.0 Å². The van der Waals surface area contributed by atoms with Gasteiger partial charge in [0, 0.05) is 26.2 Å². The minimum absolute atomic E-state index is 0.122. The van der Waals surface area contributed by atoms with E-state index in [9.17, 15) is 9.90 Å². The number of rotatable bonds is 4. The molecule has 2 N–H and O–H groups in total. The van der Waals surface area contributed by atoms with Gasteiger partial charge in [-0.1, -0.05) is 24.3 Å². The van der Waals surface area contributed by atoms with Crippen LogP contribution in [0.3, 0.4) is 0 Å². The van der Waals surface area contributed by atoms with Gasteiger partial charge in [-0.25, -0.2) is 0 Å². The zero-order chi connectivity index (χ0) is 18.5. The Balaban J connectivity index is 1.60. The fourth-order valence-electron chi connectivity index (χ4n) is 3.17. The molecule has 6 nitrogen and oxygen atoms in total. The summed E-state index contributed by atoms with van der Waals surface area (Å²) in [6, 6.07) is 16.1. The Bertz CT molecular complexity index is 823. The molecule has 2 aromatic carbocycles. The number of nitrogens with one attached hydrogen (secondary N) is 1. The van der Waals surface area contributed by atoms with E-state index in [1.807, 2.05) is 19.1 Å². The monoisotopic (exact) mass is 350 g/mol. The third-order valence-corrected chi connectivity index (χ3v) is 4.77. The molecule has 1 atom stereocenters. The minimum atomic E-state index is -0.298. The molecule has 1 fully saturated rings. The number of carbonyl (C=O) groups excluding carboxylic acids is 1. The normalized spacial score (nSPS) is 15.9. The van der Waals surface area contributed by atoms with E-state index in [1.54, 1.807) is 36.4 Å². The highest BCUT2D eigenvalue weighted by Gasteiger charge is 2.26. The van der Waals surface area contributed by atoms with E-state index >= 15 is 0 Å². The zero-order valence-electron chi connectivity index (χ0n) is 14.7. The van der Waals surface area contributed by atoms with E-state index in [4.69, 9.17) is 5.26 Å². The van der Waals surface area contributed by atoms with Crippen LogP contribution in [-0.2, 0) is 4.79 Å². The van der Waals surface area contributed by atoms with Gasteiger partial charge >= 0.3 is 0 Å². The maximum Gasteiger partial charge on any atom is 0.241 e. The van der Waals surface area contributed by atoms with Crippen molar-refractivity contribution in [2.24, 2.45) is 0 Å². The first-order valence-corrected chi connectivity index (χ1v) is 8.67. The van der Waals surface area contributed by atoms with Crippen LogP contribution in [0.4, 0.5) is 11.4 Å². The molecule has 0 saturated carbocycles. The predicted octanol–water partition coefficient (Wildman–Crippen LogP) is 2.41. The van der Waals surface area contributed by atoms with E-state index in [2.05, 4.69) is 21.2 Å². The summed E-state index contributed by atoms with van der Waals surface area (Å²) in [5, 5.41) is 22.0. The number of hydrogen-bond donors (Lipinski definition) is 2. The first kappa shape index (κ1) is 17.8. The summed E-state index contributed by atoms with van der Waals surface area (Å²) in [6.45, 7) is 4.81. The van der Waals surface area contributed by atoms with Crippen LogP contribution in [0.1, 0.15) is 12.5 Å². The highest BCUT2D eigenvalue weighted by atomic mass is 16.3. The quantitative estimate of drug-likeness (QED) is 0.885. The van der Waals surface area contributed by atoms with Gasteiger partial charge in [-0.15, -0.1) is 0 Å². The molecule has 6 heteroatoms. The summed E-state index contributed by atoms with van der Waals surface area (Å²) in [5.74, 6) is 0.156. The molecule has 0 aromatic heterocycles. The largest absolute Gasteiger partial charge is 0.506 e. The molecule has 0 radical (unpaired) electrons. The molecule has 1 heterocycles. The number of phenolic OH excluding ortho intramolecular Hbond substituents is 1. The van der Waals surface area contributed by atoms with Crippen LogP contribution in [0.5, 0.6) is 5.75 Å². The molecule has 26 heavy (non-hydrogen) atoms. The second-order valence-electron chi connectivity index (χ2n) is 6.33. The van der Waals surface area contributed by atoms with Crippen LogP contribution in [0, 0.1) is 11.3 Å². The summed E-state index contributed by atoms with van der Waals surface area (Å²) >= 11 is 0. The molecule has 134 valence electrons. The lowest BCUT2D eigenvalue weighted by molar-refractivity contribution is -0.120. The number of benzene rings is 2. The third kappa shape index (κ3) is 3.79. The molecular weight excluding hydrogens is 328 g/mol. The van der Waals surface area contributed by atoms with Crippen molar-refractivity contribution >= 4 is 17.3 Å². The molecule has 0 spiro atoms. The van der Waals surface area contributed by atoms with E-state index in [0.717, 1.165) is 31.9 Å². The van der Waals surface area contributed by atoms with Gasteiger partial charge < -0.3 is 15.3 Å². The number of nitrogens with zero attached hydrogens (tertiary/aromatic N) is 3. The highest BCUT2D eigenvalue weighted by molar-refractivity contribution is 5.95. The lowest BCUT2D eigenvalue weighted by Crippen LogP contribution is -2.52. The molecule has 1 aliphatic heterocycles. The Kier molecular flexibility index (Phi) is 5.40. The van der Waals surface area contributed by atoms with E-state index in [1.165, 1.54) is 0 Å². The number of nitriles is 1. The number of piperazine rings is 1. The third-order valence-electron chi connectivity index (χ3n) is 4.77. The maximum atomic E-state index is 12.6. The number of hydrogen-bond acceptors (Lipinski definition) is 5. The van der Waals surface area contributed by atoms with Crippen molar-refractivity contribution in [3.05, 3.63) is 54.1 Å². The van der Waals surface area contributed by atoms with Crippen molar-refractivity contribution in [1.29, 1.82) is 5.26 Å². The second kappa shape index (κ2) is 7.89. The average Bonchev–Trinajstić information content (AvgIpc) is 2.68. The van der Waals surface area contributed by atoms with Crippen molar-refractivity contribution in [1.82, 2.24) is 4.90 Å². The Hall–Kier alpha value is -3.04. The van der Waals surface area contributed by atoms with Gasteiger partial charge in [-0.2, -0.15) is 5.26 Å². The van der Waals surface area contributed by atoms with Crippen molar-refractivity contribution in [2.75, 3.05) is 36.4 Å². The van der Waals surface area contributed by atoms with E-state index in [0.29, 0.717) is 11.3 Å². The highest BCUT2D eigenvalue weighted by Crippen LogP contribution is 2.27. The number of carbonyl (C=O) groups is 1. The molecular formula is C20H22N4O2. The maximum absolute atomic E-state index is 12.6. The Morgan fingerprint density at radius 2 is 1.77 bits per heavy atom. The lowest BCUT2D eigenvalue weighted by Gasteiger charge is -2.38. The zero-order valence-corrected chi connectivity index (χ0v) is 14.7. The van der Waals surface area contributed by atoms with Gasteiger partial charge in [0.2, 0.25) is 5.91 Å². The van der Waals surface area contributed by atoms with Crippen LogP contribution in [0.15, 0.2) is 48.5 Å². The van der Waals surface area contributed by atoms with Gasteiger partial charge in [-0.05, 0) is 31.2 Å². The molecule has 2 aromatic rings. The van der Waals surface area contributed by atoms with Gasteiger partial charge in [0.1, 0.15) is 11.8 Å². The van der Waals surface area contributed by atoms with Crippen LogP contribution >= 0.6 is 0 Å². The van der Waals surface area contributed by atoms with Gasteiger partial charge in [0.25, 0.3) is 0 Å². The lowest BCUT2D eigenvalue weighted by atomic mass is 10.1. The van der Waals surface area contributed by atoms with Crippen molar-refractivity contribution < 1.29 is 9.90 Å². The summed E-state index contributed by atoms with van der Waals surface area (Å²) in [7, 11) is 0. The molecule has 3 rings (SSSR count). The summed E-state index contributed by atoms with van der Waals surface area (Å²) < 4.78 is 0. The summed E-state index contributed by atoms with van der Waals surface area (Å²) in [4.78, 5) is 16.8. The first-order chi connectivity index (χ1) is 12.6. The smallest absolute Gasteiger partial charge is 0.241 e. The van der Waals surface area contributed by atoms with Gasteiger partial charge in [-0.3, -0.25) is 9.69 Å². The molecule has 0 bridgehead atoms. The molecule has 1 aliphatic rings. The molecule has 1 saturated heterocycles. The fraction of sp³-hybridized carbons (Fsp3) is 0.300. The van der Waals surface area contributed by atoms with Crippen molar-refractivity contribution in [3.8, 4) is 11.8 Å². The summed E-state index contributed by atoms with van der Waals surface area (Å²) in [5.41, 5.74) is 1.82. The van der Waals surface area contributed by atoms with Crippen molar-refractivity contribution in [3.63, 3.8) is 0 Å². The standard InChI is InChI=1S/C20H22N4O2/c1-15(20(26)22-17-7-3-2-6-16(17)14-21)23-10-12-24(13-11-23)18-8-4-5-9-19(18)25/h2-9,15,25H,10-13H2,1H3,(H,22,26)/t15-/m1/s1. The Labute approximate surface area is 153 Å². The molecule has 1 amide bonds. The summed E-state index contributed by atoms with van der Waals surface area (Å²) in [6.07, 6.45) is 0. The predicted molar refractivity (Wildman–Crippen MR) is 101 cm³/mol. The SMILES string of the molecule is C[C@H](C(=O)Nc1ccccc1C#N)N1CCN(c2ccccc2O)CC1. The van der Waals surface area contributed by atoms with Crippen LogP contribution in [0.25, 0.3) is 0 Å². The van der Waals surface area contributed by atoms with Crippen LogP contribution < -0.4 is 10.2 Å². The Morgan fingerprint density at radius 3 is 2.46 bits per heavy atom. The van der Waals surface area contributed by atoms with E-state index < -0.39 is 0 Å². The second-order valence-corrected chi connectivity index (χ2v) is 6.33. The topological polar surface area (TPSA) is 79.6 Å². The first-order valence-electron chi connectivity index (χ1n) is 8.67. The van der Waals surface area contributed by atoms with Gasteiger partial charge in [0.05, 0.1) is 23.0 Å². The number of para-hydroxylation sites is 3. The fourth-order valence-corrected chi connectivity index (χ4v) is 3.17. The number of aromatic hydroxyl groups is 1. The molecule has 0 unspecified atom stereocenters. The average molecular weight is 350 g/mol. The van der Waals surface area contributed by atoms with Crippen LogP contribution in [0.2, 0.25) is 0 Å². The van der Waals surface area contributed by atoms with Gasteiger partial charge in [0.15, 0.2) is 0 Å². The Morgan fingerprint density at radius 1 is 1.12 bits per heavy atom. The number of phenols is 1. The van der Waals surface area contributed by atoms with Crippen LogP contribution in [-0.4, -0.2) is 48.1 Å². The number of amides is 1. The number of anilines is 2. The minimum Gasteiger partial charge on any atom is -0.506 e. The van der Waals surface area contributed by atoms with E-state index in [-0.39, 0.29) is 17.7 Å².